The molecule has 2 rings (SSSR count). The summed E-state index contributed by atoms with van der Waals surface area (Å²) in [5.74, 6) is 0. The van der Waals surface area contributed by atoms with Crippen molar-refractivity contribution >= 4 is 12.4 Å². The van der Waals surface area contributed by atoms with Crippen LogP contribution in [0.2, 0.25) is 0 Å². The van der Waals surface area contributed by atoms with Gasteiger partial charge in [-0.25, -0.2) is 0 Å². The lowest BCUT2D eigenvalue weighted by Crippen LogP contribution is -2.35. The van der Waals surface area contributed by atoms with E-state index in [0.717, 1.165) is 18.8 Å². The summed E-state index contributed by atoms with van der Waals surface area (Å²) in [5, 5.41) is 3.33. The van der Waals surface area contributed by atoms with Crippen LogP contribution in [0.1, 0.15) is 18.5 Å². The molecular weight excluding hydrogens is 212 g/mol. The average Bonchev–Trinajstić information content (AvgIpc) is 2.29. The van der Waals surface area contributed by atoms with Crippen molar-refractivity contribution in [2.45, 2.75) is 25.6 Å². The molecule has 4 heteroatoms. The molecule has 1 saturated heterocycles. The van der Waals surface area contributed by atoms with Gasteiger partial charge in [-0.1, -0.05) is 6.07 Å². The molecule has 0 spiro atoms. The lowest BCUT2D eigenvalue weighted by Gasteiger charge is -2.22. The van der Waals surface area contributed by atoms with E-state index in [2.05, 4.69) is 10.3 Å². The summed E-state index contributed by atoms with van der Waals surface area (Å²) in [7, 11) is 0. The number of aromatic nitrogens is 1. The topological polar surface area (TPSA) is 34.1 Å². The Morgan fingerprint density at radius 1 is 1.47 bits per heavy atom. The van der Waals surface area contributed by atoms with Gasteiger partial charge < -0.3 is 10.1 Å². The molecule has 1 aromatic heterocycles. The van der Waals surface area contributed by atoms with Gasteiger partial charge >= 0.3 is 0 Å². The summed E-state index contributed by atoms with van der Waals surface area (Å²) >= 11 is 0. The summed E-state index contributed by atoms with van der Waals surface area (Å²) in [6.07, 6.45) is 4.55. The van der Waals surface area contributed by atoms with Crippen molar-refractivity contribution in [3.63, 3.8) is 0 Å². The molecule has 0 radical (unpaired) electrons. The Kier molecular flexibility index (Phi) is 5.61. The quantitative estimate of drug-likeness (QED) is 0.857. The molecule has 0 amide bonds. The molecular formula is C11H17ClN2O. The molecule has 1 aliphatic heterocycles. The third-order valence-electron chi connectivity index (χ3n) is 2.44. The van der Waals surface area contributed by atoms with E-state index in [9.17, 15) is 0 Å². The molecule has 3 nitrogen and oxygen atoms in total. The van der Waals surface area contributed by atoms with Gasteiger partial charge in [0, 0.05) is 12.7 Å². The third-order valence-corrected chi connectivity index (χ3v) is 2.44. The SMILES string of the molecule is Cl.c1ccc(COC2CCCNC2)nc1. The van der Waals surface area contributed by atoms with Gasteiger partial charge in [-0.2, -0.15) is 0 Å². The maximum atomic E-state index is 5.74. The van der Waals surface area contributed by atoms with E-state index < -0.39 is 0 Å². The Bertz CT molecular complexity index is 263. The van der Waals surface area contributed by atoms with E-state index >= 15 is 0 Å². The lowest BCUT2D eigenvalue weighted by atomic mass is 10.1. The fourth-order valence-corrected chi connectivity index (χ4v) is 1.65. The highest BCUT2D eigenvalue weighted by molar-refractivity contribution is 5.85. The monoisotopic (exact) mass is 228 g/mol. The normalized spacial score (nSPS) is 20.7. The summed E-state index contributed by atoms with van der Waals surface area (Å²) in [5.41, 5.74) is 1.01. The van der Waals surface area contributed by atoms with Gasteiger partial charge in [-0.05, 0) is 31.5 Å². The van der Waals surface area contributed by atoms with Gasteiger partial charge in [-0.15, -0.1) is 12.4 Å². The van der Waals surface area contributed by atoms with Crippen LogP contribution in [0.4, 0.5) is 0 Å². The van der Waals surface area contributed by atoms with Crippen LogP contribution in [-0.2, 0) is 11.3 Å². The maximum absolute atomic E-state index is 5.74. The number of nitrogens with one attached hydrogen (secondary N) is 1. The van der Waals surface area contributed by atoms with Crippen molar-refractivity contribution in [1.82, 2.24) is 10.3 Å². The van der Waals surface area contributed by atoms with E-state index in [-0.39, 0.29) is 12.4 Å². The minimum absolute atomic E-state index is 0. The molecule has 0 aliphatic carbocycles. The number of rotatable bonds is 3. The standard InChI is InChI=1S/C11H16N2O.ClH/c1-2-7-13-10(4-1)9-14-11-5-3-6-12-8-11;/h1-2,4,7,11-12H,3,5-6,8-9H2;1H. The van der Waals surface area contributed by atoms with Gasteiger partial charge in [0.1, 0.15) is 0 Å². The van der Waals surface area contributed by atoms with Crippen LogP contribution < -0.4 is 5.32 Å². The molecule has 0 aromatic carbocycles. The van der Waals surface area contributed by atoms with E-state index in [4.69, 9.17) is 4.74 Å². The number of hydrogen-bond donors (Lipinski definition) is 1. The predicted molar refractivity (Wildman–Crippen MR) is 62.2 cm³/mol. The van der Waals surface area contributed by atoms with Crippen molar-refractivity contribution in [3.05, 3.63) is 30.1 Å². The van der Waals surface area contributed by atoms with E-state index in [1.807, 2.05) is 18.2 Å². The molecule has 1 atom stereocenters. The Morgan fingerprint density at radius 3 is 3.07 bits per heavy atom. The van der Waals surface area contributed by atoms with E-state index in [1.54, 1.807) is 6.20 Å². The Balaban J connectivity index is 0.00000112. The number of hydrogen-bond acceptors (Lipinski definition) is 3. The van der Waals surface area contributed by atoms with Crippen LogP contribution in [0.3, 0.4) is 0 Å². The van der Waals surface area contributed by atoms with Crippen molar-refractivity contribution < 1.29 is 4.74 Å². The molecule has 0 bridgehead atoms. The summed E-state index contributed by atoms with van der Waals surface area (Å²) in [4.78, 5) is 4.22. The highest BCUT2D eigenvalue weighted by atomic mass is 35.5. The Labute approximate surface area is 96.7 Å². The Morgan fingerprint density at radius 2 is 2.40 bits per heavy atom. The molecule has 15 heavy (non-hydrogen) atoms. The van der Waals surface area contributed by atoms with Crippen molar-refractivity contribution in [2.24, 2.45) is 0 Å². The molecule has 1 N–H and O–H groups in total. The summed E-state index contributed by atoms with van der Waals surface area (Å²) in [6, 6.07) is 5.91. The zero-order valence-electron chi connectivity index (χ0n) is 8.69. The number of halogens is 1. The summed E-state index contributed by atoms with van der Waals surface area (Å²) < 4.78 is 5.74. The van der Waals surface area contributed by atoms with Crippen LogP contribution in [0.5, 0.6) is 0 Å². The van der Waals surface area contributed by atoms with Gasteiger partial charge in [0.05, 0.1) is 18.4 Å². The molecule has 84 valence electrons. The third kappa shape index (κ3) is 4.16. The number of nitrogens with zero attached hydrogens (tertiary/aromatic N) is 1. The zero-order valence-corrected chi connectivity index (χ0v) is 9.50. The second kappa shape index (κ2) is 6.77. The highest BCUT2D eigenvalue weighted by Gasteiger charge is 2.12. The second-order valence-corrected chi connectivity index (χ2v) is 3.60. The minimum atomic E-state index is 0. The van der Waals surface area contributed by atoms with Gasteiger partial charge in [0.15, 0.2) is 0 Å². The predicted octanol–water partition coefficient (Wildman–Crippen LogP) is 1.77. The largest absolute Gasteiger partial charge is 0.371 e. The van der Waals surface area contributed by atoms with Crippen LogP contribution in [0, 0.1) is 0 Å². The lowest BCUT2D eigenvalue weighted by molar-refractivity contribution is 0.0236. The summed E-state index contributed by atoms with van der Waals surface area (Å²) in [6.45, 7) is 2.74. The first-order valence-corrected chi connectivity index (χ1v) is 5.17. The maximum Gasteiger partial charge on any atom is 0.0892 e. The molecule has 2 heterocycles. The van der Waals surface area contributed by atoms with Crippen molar-refractivity contribution in [1.29, 1.82) is 0 Å². The molecule has 0 saturated carbocycles. The minimum Gasteiger partial charge on any atom is -0.371 e. The second-order valence-electron chi connectivity index (χ2n) is 3.60. The van der Waals surface area contributed by atoms with Crippen molar-refractivity contribution in [3.8, 4) is 0 Å². The Hall–Kier alpha value is -0.640. The molecule has 1 fully saturated rings. The van der Waals surface area contributed by atoms with Crippen molar-refractivity contribution in [2.75, 3.05) is 13.1 Å². The average molecular weight is 229 g/mol. The van der Waals surface area contributed by atoms with Crippen LogP contribution >= 0.6 is 12.4 Å². The smallest absolute Gasteiger partial charge is 0.0892 e. The zero-order chi connectivity index (χ0) is 9.64. The first kappa shape index (κ1) is 12.4. The van der Waals surface area contributed by atoms with Gasteiger partial charge in [-0.3, -0.25) is 4.98 Å². The number of pyridine rings is 1. The molecule has 1 unspecified atom stereocenters. The number of piperidine rings is 1. The van der Waals surface area contributed by atoms with E-state index in [1.165, 1.54) is 12.8 Å². The van der Waals surface area contributed by atoms with Gasteiger partial charge in [0.25, 0.3) is 0 Å². The van der Waals surface area contributed by atoms with E-state index in [0.29, 0.717) is 12.7 Å². The molecule has 1 aliphatic rings. The first-order chi connectivity index (χ1) is 6.95. The van der Waals surface area contributed by atoms with Crippen LogP contribution in [0.15, 0.2) is 24.4 Å². The highest BCUT2D eigenvalue weighted by Crippen LogP contribution is 2.08. The fraction of sp³-hybridized carbons (Fsp3) is 0.545. The first-order valence-electron chi connectivity index (χ1n) is 5.17. The van der Waals surface area contributed by atoms with Crippen LogP contribution in [-0.4, -0.2) is 24.2 Å². The fourth-order valence-electron chi connectivity index (χ4n) is 1.65. The number of ether oxygens (including phenoxy) is 1. The van der Waals surface area contributed by atoms with Crippen LogP contribution in [0.25, 0.3) is 0 Å². The van der Waals surface area contributed by atoms with Gasteiger partial charge in [0.2, 0.25) is 0 Å². The molecule has 1 aromatic rings.